The highest BCUT2D eigenvalue weighted by Crippen LogP contribution is 1.98. The first-order chi connectivity index (χ1) is 10.3. The van der Waals surface area contributed by atoms with E-state index < -0.39 is 6.10 Å². The molecule has 1 aromatic carbocycles. The van der Waals surface area contributed by atoms with E-state index >= 15 is 0 Å². The van der Waals surface area contributed by atoms with E-state index in [4.69, 9.17) is 4.74 Å². The standard InChI is InChI=1S/C15H21N3O3/c19-14(17-7-6-12-4-2-1-3-5-12)11-18-15(20)13-10-16-8-9-21-13/h1-5,13,16H,6-11H2,(H,17,19)(H,18,20). The Morgan fingerprint density at radius 2 is 2.05 bits per heavy atom. The summed E-state index contributed by atoms with van der Waals surface area (Å²) in [5.41, 5.74) is 1.17. The topological polar surface area (TPSA) is 79.5 Å². The summed E-state index contributed by atoms with van der Waals surface area (Å²) in [7, 11) is 0. The van der Waals surface area contributed by atoms with Gasteiger partial charge < -0.3 is 20.7 Å². The molecule has 1 aromatic rings. The molecule has 0 saturated carbocycles. The number of amides is 2. The molecule has 2 rings (SSSR count). The summed E-state index contributed by atoms with van der Waals surface area (Å²) in [5, 5.41) is 8.43. The number of carbonyl (C=O) groups excluding carboxylic acids is 2. The quantitative estimate of drug-likeness (QED) is 0.657. The van der Waals surface area contributed by atoms with Gasteiger partial charge in [0.25, 0.3) is 5.91 Å². The minimum absolute atomic E-state index is 0.0204. The summed E-state index contributed by atoms with van der Waals surface area (Å²) in [5.74, 6) is -0.441. The van der Waals surface area contributed by atoms with Gasteiger partial charge in [0.1, 0.15) is 6.10 Å². The zero-order chi connectivity index (χ0) is 14.9. The highest BCUT2D eigenvalue weighted by atomic mass is 16.5. The molecule has 1 atom stereocenters. The Kier molecular flexibility index (Phi) is 6.18. The van der Waals surface area contributed by atoms with Gasteiger partial charge in [-0.1, -0.05) is 30.3 Å². The van der Waals surface area contributed by atoms with Crippen molar-refractivity contribution in [2.24, 2.45) is 0 Å². The fourth-order valence-corrected chi connectivity index (χ4v) is 2.07. The molecule has 114 valence electrons. The number of hydrogen-bond donors (Lipinski definition) is 3. The monoisotopic (exact) mass is 291 g/mol. The summed E-state index contributed by atoms with van der Waals surface area (Å²) in [6, 6.07) is 9.92. The van der Waals surface area contributed by atoms with Crippen LogP contribution in [0.15, 0.2) is 30.3 Å². The number of nitrogens with one attached hydrogen (secondary N) is 3. The average molecular weight is 291 g/mol. The smallest absolute Gasteiger partial charge is 0.250 e. The first kappa shape index (κ1) is 15.5. The maximum Gasteiger partial charge on any atom is 0.250 e. The Balaban J connectivity index is 1.60. The lowest BCUT2D eigenvalue weighted by molar-refractivity contribution is -0.136. The third-order valence-electron chi connectivity index (χ3n) is 3.22. The molecule has 0 spiro atoms. The molecule has 21 heavy (non-hydrogen) atoms. The Morgan fingerprint density at radius 3 is 2.76 bits per heavy atom. The van der Waals surface area contributed by atoms with Crippen LogP contribution < -0.4 is 16.0 Å². The second-order valence-electron chi connectivity index (χ2n) is 4.87. The van der Waals surface area contributed by atoms with Gasteiger partial charge in [0.05, 0.1) is 13.2 Å². The van der Waals surface area contributed by atoms with Gasteiger partial charge in [-0.25, -0.2) is 0 Å². The molecule has 6 nitrogen and oxygen atoms in total. The lowest BCUT2D eigenvalue weighted by atomic mass is 10.1. The Bertz CT molecular complexity index is 458. The van der Waals surface area contributed by atoms with Gasteiger partial charge in [-0.3, -0.25) is 9.59 Å². The number of rotatable bonds is 6. The van der Waals surface area contributed by atoms with Gasteiger partial charge in [0, 0.05) is 19.6 Å². The average Bonchev–Trinajstić information content (AvgIpc) is 2.54. The predicted molar refractivity (Wildman–Crippen MR) is 78.8 cm³/mol. The Hall–Kier alpha value is -1.92. The van der Waals surface area contributed by atoms with Crippen LogP contribution in [0.4, 0.5) is 0 Å². The van der Waals surface area contributed by atoms with Crippen LogP contribution in [0.2, 0.25) is 0 Å². The van der Waals surface area contributed by atoms with Crippen molar-refractivity contribution in [3.8, 4) is 0 Å². The van der Waals surface area contributed by atoms with Crippen LogP contribution in [0.25, 0.3) is 0 Å². The van der Waals surface area contributed by atoms with Crippen molar-refractivity contribution in [1.29, 1.82) is 0 Å². The molecular formula is C15H21N3O3. The second kappa shape index (κ2) is 8.39. The molecule has 6 heteroatoms. The molecule has 1 saturated heterocycles. The summed E-state index contributed by atoms with van der Waals surface area (Å²) in [6.07, 6.45) is 0.270. The molecule has 0 bridgehead atoms. The molecule has 0 aliphatic carbocycles. The zero-order valence-corrected chi connectivity index (χ0v) is 11.9. The maximum atomic E-state index is 11.7. The summed E-state index contributed by atoms with van der Waals surface area (Å²) in [6.45, 7) is 2.29. The van der Waals surface area contributed by atoms with E-state index in [0.717, 1.165) is 13.0 Å². The summed E-state index contributed by atoms with van der Waals surface area (Å²) in [4.78, 5) is 23.4. The third kappa shape index (κ3) is 5.53. The van der Waals surface area contributed by atoms with Crippen LogP contribution in [0.5, 0.6) is 0 Å². The Labute approximate surface area is 124 Å². The molecule has 3 N–H and O–H groups in total. The second-order valence-corrected chi connectivity index (χ2v) is 4.87. The van der Waals surface area contributed by atoms with Gasteiger partial charge in [0.15, 0.2) is 0 Å². The normalized spacial score (nSPS) is 18.0. The van der Waals surface area contributed by atoms with Gasteiger partial charge in [-0.15, -0.1) is 0 Å². The van der Waals surface area contributed by atoms with E-state index in [1.165, 1.54) is 5.56 Å². The van der Waals surface area contributed by atoms with Crippen molar-refractivity contribution in [2.75, 3.05) is 32.8 Å². The number of hydrogen-bond acceptors (Lipinski definition) is 4. The fourth-order valence-electron chi connectivity index (χ4n) is 2.07. The number of morpholine rings is 1. The largest absolute Gasteiger partial charge is 0.366 e. The van der Waals surface area contributed by atoms with Gasteiger partial charge in [-0.2, -0.15) is 0 Å². The van der Waals surface area contributed by atoms with Crippen LogP contribution in [0, 0.1) is 0 Å². The summed E-state index contributed by atoms with van der Waals surface area (Å²) < 4.78 is 5.30. The zero-order valence-electron chi connectivity index (χ0n) is 11.9. The molecular weight excluding hydrogens is 270 g/mol. The van der Waals surface area contributed by atoms with E-state index in [-0.39, 0.29) is 18.4 Å². The minimum atomic E-state index is -0.504. The SMILES string of the molecule is O=C(CNC(=O)C1CNCCO1)NCCc1ccccc1. The summed E-state index contributed by atoms with van der Waals surface area (Å²) >= 11 is 0. The highest BCUT2D eigenvalue weighted by Gasteiger charge is 2.21. The fraction of sp³-hybridized carbons (Fsp3) is 0.467. The van der Waals surface area contributed by atoms with Crippen molar-refractivity contribution < 1.29 is 14.3 Å². The minimum Gasteiger partial charge on any atom is -0.366 e. The molecule has 1 aliphatic heterocycles. The van der Waals surface area contributed by atoms with Crippen LogP contribution in [0.1, 0.15) is 5.56 Å². The van der Waals surface area contributed by atoms with Crippen LogP contribution in [0.3, 0.4) is 0 Å². The molecule has 0 radical (unpaired) electrons. The predicted octanol–water partition coefficient (Wildman–Crippen LogP) is -0.550. The van der Waals surface area contributed by atoms with Crippen molar-refractivity contribution in [3.63, 3.8) is 0 Å². The van der Waals surface area contributed by atoms with E-state index in [9.17, 15) is 9.59 Å². The Morgan fingerprint density at radius 1 is 1.24 bits per heavy atom. The first-order valence-corrected chi connectivity index (χ1v) is 7.16. The number of benzene rings is 1. The molecule has 1 fully saturated rings. The van der Waals surface area contributed by atoms with Crippen molar-refractivity contribution in [1.82, 2.24) is 16.0 Å². The maximum absolute atomic E-state index is 11.7. The van der Waals surface area contributed by atoms with Gasteiger partial charge >= 0.3 is 0 Å². The van der Waals surface area contributed by atoms with Crippen LogP contribution in [-0.2, 0) is 20.7 Å². The number of carbonyl (C=O) groups is 2. The molecule has 2 amide bonds. The number of ether oxygens (including phenoxy) is 1. The van der Waals surface area contributed by atoms with E-state index in [1.54, 1.807) is 0 Å². The van der Waals surface area contributed by atoms with E-state index in [0.29, 0.717) is 19.7 Å². The first-order valence-electron chi connectivity index (χ1n) is 7.16. The molecule has 0 aromatic heterocycles. The highest BCUT2D eigenvalue weighted by molar-refractivity contribution is 5.87. The van der Waals surface area contributed by atoms with E-state index in [2.05, 4.69) is 16.0 Å². The lowest BCUT2D eigenvalue weighted by Crippen LogP contribution is -2.49. The third-order valence-corrected chi connectivity index (χ3v) is 3.22. The van der Waals surface area contributed by atoms with Crippen molar-refractivity contribution >= 4 is 11.8 Å². The van der Waals surface area contributed by atoms with Gasteiger partial charge in [0.2, 0.25) is 5.91 Å². The molecule has 1 unspecified atom stereocenters. The van der Waals surface area contributed by atoms with Gasteiger partial charge in [-0.05, 0) is 12.0 Å². The van der Waals surface area contributed by atoms with Crippen molar-refractivity contribution in [3.05, 3.63) is 35.9 Å². The van der Waals surface area contributed by atoms with Crippen LogP contribution in [-0.4, -0.2) is 50.7 Å². The van der Waals surface area contributed by atoms with Crippen LogP contribution >= 0.6 is 0 Å². The molecule has 1 aliphatic rings. The van der Waals surface area contributed by atoms with Crippen molar-refractivity contribution in [2.45, 2.75) is 12.5 Å². The lowest BCUT2D eigenvalue weighted by Gasteiger charge is -2.22. The van der Waals surface area contributed by atoms with E-state index in [1.807, 2.05) is 30.3 Å². The molecule has 1 heterocycles.